The molecule has 0 amide bonds. The van der Waals surface area contributed by atoms with E-state index in [1.807, 2.05) is 19.1 Å². The Bertz CT molecular complexity index is 468. The van der Waals surface area contributed by atoms with Crippen LogP contribution in [-0.4, -0.2) is 20.7 Å². The molecule has 1 heterocycles. The fourth-order valence-electron chi connectivity index (χ4n) is 2.25. The molecular weight excluding hydrogens is 222 g/mol. The third-order valence-corrected chi connectivity index (χ3v) is 4.85. The van der Waals surface area contributed by atoms with E-state index < -0.39 is 9.84 Å². The molecule has 0 bridgehead atoms. The average Bonchev–Trinajstić information content (AvgIpc) is 2.39. The Morgan fingerprint density at radius 1 is 1.38 bits per heavy atom. The van der Waals surface area contributed by atoms with Crippen molar-refractivity contribution in [3.63, 3.8) is 0 Å². The highest BCUT2D eigenvalue weighted by molar-refractivity contribution is 7.91. The van der Waals surface area contributed by atoms with Crippen molar-refractivity contribution < 1.29 is 8.42 Å². The first kappa shape index (κ1) is 11.6. The monoisotopic (exact) mass is 239 g/mol. The maximum absolute atomic E-state index is 12.0. The highest BCUT2D eigenvalue weighted by Crippen LogP contribution is 2.30. The molecule has 0 aliphatic carbocycles. The minimum absolute atomic E-state index is 0.179. The van der Waals surface area contributed by atoms with Gasteiger partial charge in [0.05, 0.1) is 10.6 Å². The summed E-state index contributed by atoms with van der Waals surface area (Å²) in [7, 11) is -3.07. The fourth-order valence-corrected chi connectivity index (χ4v) is 3.87. The summed E-state index contributed by atoms with van der Waals surface area (Å²) in [6.45, 7) is 2.90. The lowest BCUT2D eigenvalue weighted by molar-refractivity contribution is 0.508. The lowest BCUT2D eigenvalue weighted by Gasteiger charge is -2.17. The van der Waals surface area contributed by atoms with E-state index >= 15 is 0 Å². The van der Waals surface area contributed by atoms with Gasteiger partial charge in [0.2, 0.25) is 0 Å². The highest BCUT2D eigenvalue weighted by Gasteiger charge is 2.26. The van der Waals surface area contributed by atoms with Gasteiger partial charge in [0.25, 0.3) is 0 Å². The van der Waals surface area contributed by atoms with Crippen molar-refractivity contribution >= 4 is 9.84 Å². The van der Waals surface area contributed by atoms with Crippen molar-refractivity contribution in [1.29, 1.82) is 0 Å². The molecule has 0 spiro atoms. The summed E-state index contributed by atoms with van der Waals surface area (Å²) in [4.78, 5) is 0.512. The number of rotatable bonds is 2. The Labute approximate surface area is 96.8 Å². The summed E-state index contributed by atoms with van der Waals surface area (Å²) in [5, 5.41) is 3.35. The van der Waals surface area contributed by atoms with Crippen molar-refractivity contribution in [2.24, 2.45) is 0 Å². The van der Waals surface area contributed by atoms with Gasteiger partial charge in [-0.05, 0) is 31.0 Å². The topological polar surface area (TPSA) is 46.2 Å². The third kappa shape index (κ3) is 2.13. The van der Waals surface area contributed by atoms with Crippen LogP contribution in [0.25, 0.3) is 0 Å². The van der Waals surface area contributed by atoms with Crippen molar-refractivity contribution in [1.82, 2.24) is 5.32 Å². The van der Waals surface area contributed by atoms with Gasteiger partial charge in [-0.25, -0.2) is 8.42 Å². The minimum Gasteiger partial charge on any atom is -0.310 e. The van der Waals surface area contributed by atoms with E-state index in [-0.39, 0.29) is 11.8 Å². The van der Waals surface area contributed by atoms with Crippen LogP contribution in [0.1, 0.15) is 31.4 Å². The van der Waals surface area contributed by atoms with Crippen LogP contribution in [-0.2, 0) is 9.84 Å². The second-order valence-electron chi connectivity index (χ2n) is 4.11. The molecular formula is C12H17NO2S. The normalized spacial score (nSPS) is 23.4. The predicted octanol–water partition coefficient (Wildman–Crippen LogP) is 1.90. The van der Waals surface area contributed by atoms with Gasteiger partial charge in [-0.3, -0.25) is 0 Å². The number of hydrogen-bond acceptors (Lipinski definition) is 3. The van der Waals surface area contributed by atoms with Crippen LogP contribution >= 0.6 is 0 Å². The first-order valence-corrected chi connectivity index (χ1v) is 7.35. The number of benzene rings is 1. The lowest BCUT2D eigenvalue weighted by atomic mass is 10.0. The average molecular weight is 239 g/mol. The van der Waals surface area contributed by atoms with Crippen LogP contribution in [0.15, 0.2) is 29.2 Å². The molecule has 1 N–H and O–H groups in total. The maximum atomic E-state index is 12.0. The van der Waals surface area contributed by atoms with Gasteiger partial charge in [0.15, 0.2) is 9.84 Å². The molecule has 88 valence electrons. The summed E-state index contributed by atoms with van der Waals surface area (Å²) in [6.07, 6.45) is 1.62. The Morgan fingerprint density at radius 3 is 2.88 bits per heavy atom. The summed E-state index contributed by atoms with van der Waals surface area (Å²) >= 11 is 0. The smallest absolute Gasteiger partial charge is 0.178 e. The van der Waals surface area contributed by atoms with Crippen molar-refractivity contribution in [2.45, 2.75) is 30.7 Å². The standard InChI is InChI=1S/C12H17NO2S/c1-2-13-11-7-5-9-16(14,15)12-8-4-3-6-10(11)12/h3-4,6,8,11,13H,2,5,7,9H2,1H3. The maximum Gasteiger partial charge on any atom is 0.178 e. The van der Waals surface area contributed by atoms with Gasteiger partial charge in [-0.1, -0.05) is 25.1 Å². The zero-order chi connectivity index (χ0) is 11.6. The first-order valence-electron chi connectivity index (χ1n) is 5.70. The molecule has 1 aliphatic heterocycles. The van der Waals surface area contributed by atoms with Crippen LogP contribution in [0.5, 0.6) is 0 Å². The van der Waals surface area contributed by atoms with Crippen LogP contribution in [0.3, 0.4) is 0 Å². The molecule has 1 aliphatic rings. The van der Waals surface area contributed by atoms with Crippen molar-refractivity contribution in [3.8, 4) is 0 Å². The Morgan fingerprint density at radius 2 is 2.12 bits per heavy atom. The van der Waals surface area contributed by atoms with Gasteiger partial charge in [-0.2, -0.15) is 0 Å². The zero-order valence-corrected chi connectivity index (χ0v) is 10.3. The number of nitrogens with one attached hydrogen (secondary N) is 1. The van der Waals surface area contributed by atoms with Crippen LogP contribution in [0, 0.1) is 0 Å². The van der Waals surface area contributed by atoms with E-state index in [0.29, 0.717) is 4.90 Å². The second kappa shape index (κ2) is 4.55. The SMILES string of the molecule is CCNC1CCCS(=O)(=O)c2ccccc21. The molecule has 16 heavy (non-hydrogen) atoms. The largest absolute Gasteiger partial charge is 0.310 e. The molecule has 2 rings (SSSR count). The van der Waals surface area contributed by atoms with Gasteiger partial charge >= 0.3 is 0 Å². The Kier molecular flexibility index (Phi) is 3.30. The van der Waals surface area contributed by atoms with Gasteiger partial charge in [0.1, 0.15) is 0 Å². The summed E-state index contributed by atoms with van der Waals surface area (Å²) in [5.41, 5.74) is 0.932. The summed E-state index contributed by atoms with van der Waals surface area (Å²) < 4.78 is 24.0. The second-order valence-corrected chi connectivity index (χ2v) is 6.19. The number of hydrogen-bond donors (Lipinski definition) is 1. The van der Waals surface area contributed by atoms with E-state index in [2.05, 4.69) is 5.32 Å². The van der Waals surface area contributed by atoms with Crippen LogP contribution in [0.4, 0.5) is 0 Å². The van der Waals surface area contributed by atoms with Crippen LogP contribution < -0.4 is 5.32 Å². The summed E-state index contributed by atoms with van der Waals surface area (Å²) in [5.74, 6) is 0.270. The van der Waals surface area contributed by atoms with Gasteiger partial charge in [-0.15, -0.1) is 0 Å². The number of sulfone groups is 1. The van der Waals surface area contributed by atoms with Gasteiger partial charge in [0, 0.05) is 6.04 Å². The van der Waals surface area contributed by atoms with E-state index in [0.717, 1.165) is 24.9 Å². The van der Waals surface area contributed by atoms with Crippen molar-refractivity contribution in [3.05, 3.63) is 29.8 Å². The molecule has 0 fully saturated rings. The minimum atomic E-state index is -3.07. The first-order chi connectivity index (χ1) is 7.65. The quantitative estimate of drug-likeness (QED) is 0.857. The van der Waals surface area contributed by atoms with E-state index in [1.165, 1.54) is 0 Å². The third-order valence-electron chi connectivity index (χ3n) is 2.99. The van der Waals surface area contributed by atoms with E-state index in [1.54, 1.807) is 12.1 Å². The Balaban J connectivity index is 2.51. The summed E-state index contributed by atoms with van der Waals surface area (Å²) in [6, 6.07) is 7.53. The molecule has 4 heteroatoms. The molecule has 1 unspecified atom stereocenters. The number of fused-ring (bicyclic) bond motifs is 1. The molecule has 1 aromatic carbocycles. The molecule has 0 radical (unpaired) electrons. The lowest BCUT2D eigenvalue weighted by Crippen LogP contribution is -2.21. The fraction of sp³-hybridized carbons (Fsp3) is 0.500. The molecule has 0 saturated heterocycles. The Hall–Kier alpha value is -0.870. The van der Waals surface area contributed by atoms with Gasteiger partial charge < -0.3 is 5.32 Å². The highest BCUT2D eigenvalue weighted by atomic mass is 32.2. The van der Waals surface area contributed by atoms with Crippen molar-refractivity contribution in [2.75, 3.05) is 12.3 Å². The predicted molar refractivity (Wildman–Crippen MR) is 64.1 cm³/mol. The molecule has 0 saturated carbocycles. The van der Waals surface area contributed by atoms with E-state index in [9.17, 15) is 8.42 Å². The zero-order valence-electron chi connectivity index (χ0n) is 9.44. The molecule has 0 aromatic heterocycles. The molecule has 3 nitrogen and oxygen atoms in total. The molecule has 1 atom stereocenters. The van der Waals surface area contributed by atoms with E-state index in [4.69, 9.17) is 0 Å². The van der Waals surface area contributed by atoms with Crippen LogP contribution in [0.2, 0.25) is 0 Å². The molecule has 1 aromatic rings.